The number of hydrogen-bond acceptors (Lipinski definition) is 5. The number of oxazole rings is 1. The number of ether oxygens (including phenoxy) is 2. The van der Waals surface area contributed by atoms with E-state index in [1.54, 1.807) is 18.9 Å². The summed E-state index contributed by atoms with van der Waals surface area (Å²) in [5.74, 6) is 1.46. The maximum absolute atomic E-state index is 12.5. The lowest BCUT2D eigenvalue weighted by molar-refractivity contribution is 0.0246. The van der Waals surface area contributed by atoms with Crippen LogP contribution in [0.15, 0.2) is 35.1 Å². The van der Waals surface area contributed by atoms with Gasteiger partial charge < -0.3 is 18.8 Å². The van der Waals surface area contributed by atoms with Crippen LogP contribution in [0.1, 0.15) is 23.2 Å². The SMILES string of the molecule is Cc1ncoc1C(=O)N(C)[C@H](C)[C@H]1COc2ccccc2O1. The molecule has 3 rings (SSSR count). The summed E-state index contributed by atoms with van der Waals surface area (Å²) in [5.41, 5.74) is 0.579. The lowest BCUT2D eigenvalue weighted by Crippen LogP contribution is -2.49. The predicted octanol–water partition coefficient (Wildman–Crippen LogP) is 2.28. The minimum atomic E-state index is -0.243. The maximum atomic E-state index is 12.5. The standard InChI is InChI=1S/C16H18N2O4/c1-10-15(21-9-17-10)16(19)18(3)11(2)14-8-20-12-6-4-5-7-13(12)22-14/h4-7,9,11,14H,8H2,1-3H3/t11-,14-/m1/s1. The van der Waals surface area contributed by atoms with Crippen LogP contribution < -0.4 is 9.47 Å². The van der Waals surface area contributed by atoms with Crippen LogP contribution in [0.3, 0.4) is 0 Å². The summed E-state index contributed by atoms with van der Waals surface area (Å²) in [4.78, 5) is 18.0. The normalized spacial score (nSPS) is 17.9. The molecule has 0 unspecified atom stereocenters. The first kappa shape index (κ1) is 14.4. The summed E-state index contributed by atoms with van der Waals surface area (Å²) in [5, 5.41) is 0. The molecule has 2 heterocycles. The van der Waals surface area contributed by atoms with E-state index in [9.17, 15) is 4.79 Å². The lowest BCUT2D eigenvalue weighted by Gasteiger charge is -2.34. The number of hydrogen-bond donors (Lipinski definition) is 0. The largest absolute Gasteiger partial charge is 0.486 e. The summed E-state index contributed by atoms with van der Waals surface area (Å²) < 4.78 is 16.8. The van der Waals surface area contributed by atoms with Gasteiger partial charge in [-0.2, -0.15) is 0 Å². The number of likely N-dealkylation sites (N-methyl/N-ethyl adjacent to an activating group) is 1. The van der Waals surface area contributed by atoms with Gasteiger partial charge >= 0.3 is 0 Å². The monoisotopic (exact) mass is 302 g/mol. The van der Waals surface area contributed by atoms with Crippen molar-refractivity contribution in [2.45, 2.75) is 26.0 Å². The molecule has 0 N–H and O–H groups in total. The van der Waals surface area contributed by atoms with Crippen molar-refractivity contribution in [2.75, 3.05) is 13.7 Å². The van der Waals surface area contributed by atoms with Gasteiger partial charge in [0.15, 0.2) is 24.0 Å². The average molecular weight is 302 g/mol. The first-order valence-electron chi connectivity index (χ1n) is 7.13. The topological polar surface area (TPSA) is 64.8 Å². The van der Waals surface area contributed by atoms with Crippen molar-refractivity contribution in [1.29, 1.82) is 0 Å². The third-order valence-corrected chi connectivity index (χ3v) is 3.94. The predicted molar refractivity (Wildman–Crippen MR) is 79.1 cm³/mol. The number of benzene rings is 1. The number of amides is 1. The highest BCUT2D eigenvalue weighted by Gasteiger charge is 2.32. The Labute approximate surface area is 128 Å². The average Bonchev–Trinajstić information content (AvgIpc) is 2.98. The zero-order valence-electron chi connectivity index (χ0n) is 12.8. The van der Waals surface area contributed by atoms with E-state index in [0.29, 0.717) is 18.1 Å². The van der Waals surface area contributed by atoms with E-state index in [2.05, 4.69) is 4.98 Å². The lowest BCUT2D eigenvalue weighted by atomic mass is 10.1. The van der Waals surface area contributed by atoms with Gasteiger partial charge in [-0.05, 0) is 26.0 Å². The molecule has 6 nitrogen and oxygen atoms in total. The van der Waals surface area contributed by atoms with Crippen LogP contribution in [0.4, 0.5) is 0 Å². The van der Waals surface area contributed by atoms with Crippen LogP contribution in [0.5, 0.6) is 11.5 Å². The number of nitrogens with zero attached hydrogens (tertiary/aromatic N) is 2. The molecule has 0 bridgehead atoms. The zero-order chi connectivity index (χ0) is 15.7. The van der Waals surface area contributed by atoms with E-state index in [1.165, 1.54) is 6.39 Å². The van der Waals surface area contributed by atoms with Crippen LogP contribution in [0.25, 0.3) is 0 Å². The second-order valence-electron chi connectivity index (χ2n) is 5.34. The Morgan fingerprint density at radius 3 is 2.77 bits per heavy atom. The van der Waals surface area contributed by atoms with Crippen molar-refractivity contribution in [3.05, 3.63) is 42.1 Å². The van der Waals surface area contributed by atoms with Crippen molar-refractivity contribution in [3.63, 3.8) is 0 Å². The highest BCUT2D eigenvalue weighted by Crippen LogP contribution is 2.32. The number of carbonyl (C=O) groups is 1. The number of rotatable bonds is 3. The number of para-hydroxylation sites is 2. The molecule has 0 spiro atoms. The first-order valence-corrected chi connectivity index (χ1v) is 7.13. The van der Waals surface area contributed by atoms with Crippen LogP contribution in [-0.2, 0) is 0 Å². The molecule has 0 fully saturated rings. The molecule has 6 heteroatoms. The van der Waals surface area contributed by atoms with Crippen molar-refractivity contribution in [3.8, 4) is 11.5 Å². The molecular weight excluding hydrogens is 284 g/mol. The van der Waals surface area contributed by atoms with E-state index in [4.69, 9.17) is 13.9 Å². The zero-order valence-corrected chi connectivity index (χ0v) is 12.8. The highest BCUT2D eigenvalue weighted by atomic mass is 16.6. The Morgan fingerprint density at radius 2 is 2.09 bits per heavy atom. The van der Waals surface area contributed by atoms with E-state index < -0.39 is 0 Å². The summed E-state index contributed by atoms with van der Waals surface area (Å²) >= 11 is 0. The van der Waals surface area contributed by atoms with E-state index in [-0.39, 0.29) is 23.8 Å². The summed E-state index contributed by atoms with van der Waals surface area (Å²) in [7, 11) is 1.72. The quantitative estimate of drug-likeness (QED) is 0.870. The van der Waals surface area contributed by atoms with Gasteiger partial charge in [-0.1, -0.05) is 12.1 Å². The maximum Gasteiger partial charge on any atom is 0.291 e. The number of aryl methyl sites for hydroxylation is 1. The third-order valence-electron chi connectivity index (χ3n) is 3.94. The molecule has 1 aliphatic rings. The Hall–Kier alpha value is -2.50. The van der Waals surface area contributed by atoms with Crippen molar-refractivity contribution in [1.82, 2.24) is 9.88 Å². The van der Waals surface area contributed by atoms with Crippen molar-refractivity contribution < 1.29 is 18.7 Å². The fourth-order valence-electron chi connectivity index (χ4n) is 2.38. The van der Waals surface area contributed by atoms with Gasteiger partial charge in [0.2, 0.25) is 5.76 Å². The molecule has 22 heavy (non-hydrogen) atoms. The van der Waals surface area contributed by atoms with Gasteiger partial charge in [-0.15, -0.1) is 0 Å². The Morgan fingerprint density at radius 1 is 1.36 bits per heavy atom. The smallest absolute Gasteiger partial charge is 0.291 e. The van der Waals surface area contributed by atoms with Crippen molar-refractivity contribution in [2.24, 2.45) is 0 Å². The molecule has 0 saturated heterocycles. The number of aromatic nitrogens is 1. The van der Waals surface area contributed by atoms with E-state index in [1.807, 2.05) is 31.2 Å². The molecule has 2 aromatic rings. The first-order chi connectivity index (χ1) is 10.6. The minimum absolute atomic E-state index is 0.176. The molecule has 2 atom stereocenters. The van der Waals surface area contributed by atoms with Crippen LogP contribution >= 0.6 is 0 Å². The van der Waals surface area contributed by atoms with Crippen molar-refractivity contribution >= 4 is 5.91 Å². The number of carbonyl (C=O) groups excluding carboxylic acids is 1. The second-order valence-corrected chi connectivity index (χ2v) is 5.34. The Balaban J connectivity index is 1.73. The van der Waals surface area contributed by atoms with Gasteiger partial charge in [0, 0.05) is 7.05 Å². The van der Waals surface area contributed by atoms with Gasteiger partial charge in [-0.25, -0.2) is 4.98 Å². The van der Waals surface area contributed by atoms with E-state index in [0.717, 1.165) is 5.75 Å². The van der Waals surface area contributed by atoms with Crippen LogP contribution in [-0.4, -0.2) is 41.6 Å². The molecule has 1 aromatic carbocycles. The van der Waals surface area contributed by atoms with Crippen LogP contribution in [0.2, 0.25) is 0 Å². The second kappa shape index (κ2) is 5.71. The van der Waals surface area contributed by atoms with E-state index >= 15 is 0 Å². The molecule has 116 valence electrons. The molecule has 0 aliphatic carbocycles. The summed E-state index contributed by atoms with van der Waals surface area (Å²) in [6.07, 6.45) is 1.03. The molecule has 1 aromatic heterocycles. The highest BCUT2D eigenvalue weighted by molar-refractivity contribution is 5.92. The third kappa shape index (κ3) is 2.52. The molecule has 0 radical (unpaired) electrons. The van der Waals surface area contributed by atoms with Crippen LogP contribution in [0, 0.1) is 6.92 Å². The fraction of sp³-hybridized carbons (Fsp3) is 0.375. The van der Waals surface area contributed by atoms with Gasteiger partial charge in [0.05, 0.1) is 11.7 Å². The molecule has 1 aliphatic heterocycles. The van der Waals surface area contributed by atoms with Gasteiger partial charge in [-0.3, -0.25) is 4.79 Å². The Bertz CT molecular complexity index is 682. The summed E-state index contributed by atoms with van der Waals surface area (Å²) in [6.45, 7) is 4.06. The summed E-state index contributed by atoms with van der Waals surface area (Å²) in [6, 6.07) is 7.33. The molecule has 1 amide bonds. The Kier molecular flexibility index (Phi) is 3.75. The fourth-order valence-corrected chi connectivity index (χ4v) is 2.38. The molecule has 0 saturated carbocycles. The minimum Gasteiger partial charge on any atom is -0.486 e. The molecular formula is C16H18N2O4. The van der Waals surface area contributed by atoms with Gasteiger partial charge in [0.25, 0.3) is 5.91 Å². The number of fused-ring (bicyclic) bond motifs is 1. The van der Waals surface area contributed by atoms with Gasteiger partial charge in [0.1, 0.15) is 6.61 Å².